The maximum absolute atomic E-state index is 12.8. The second-order valence-corrected chi connectivity index (χ2v) is 7.37. The van der Waals surface area contributed by atoms with Gasteiger partial charge in [-0.25, -0.2) is 0 Å². The molecule has 1 aromatic rings. The van der Waals surface area contributed by atoms with Crippen LogP contribution in [0.3, 0.4) is 0 Å². The van der Waals surface area contributed by atoms with E-state index in [1.54, 1.807) is 7.11 Å². The highest BCUT2D eigenvalue weighted by Gasteiger charge is 2.30. The van der Waals surface area contributed by atoms with Gasteiger partial charge in [0.2, 0.25) is 5.91 Å². The van der Waals surface area contributed by atoms with Crippen LogP contribution in [0, 0.1) is 0 Å². The van der Waals surface area contributed by atoms with Crippen molar-refractivity contribution in [1.29, 1.82) is 0 Å². The summed E-state index contributed by atoms with van der Waals surface area (Å²) in [6, 6.07) is 7.59. The summed E-state index contributed by atoms with van der Waals surface area (Å²) < 4.78 is 5.39. The first-order valence-corrected chi connectivity index (χ1v) is 10.0. The molecule has 28 heavy (non-hydrogen) atoms. The van der Waals surface area contributed by atoms with Crippen molar-refractivity contribution >= 4 is 11.9 Å². The van der Waals surface area contributed by atoms with Gasteiger partial charge in [0, 0.05) is 24.7 Å². The number of carbonyl (C=O) groups is 2. The van der Waals surface area contributed by atoms with E-state index < -0.39 is 5.97 Å². The molecule has 1 saturated heterocycles. The van der Waals surface area contributed by atoms with E-state index in [2.05, 4.69) is 10.2 Å². The number of likely N-dealkylation sites (N-methyl/N-ethyl adjacent to an activating group) is 1. The van der Waals surface area contributed by atoms with Crippen LogP contribution < -0.4 is 10.1 Å². The van der Waals surface area contributed by atoms with E-state index in [1.165, 1.54) is 0 Å². The highest BCUT2D eigenvalue weighted by Crippen LogP contribution is 2.25. The fraction of sp³-hybridized carbons (Fsp3) is 0.619. The zero-order chi connectivity index (χ0) is 20.7. The van der Waals surface area contributed by atoms with E-state index in [0.717, 1.165) is 43.8 Å². The molecule has 7 nitrogen and oxygen atoms in total. The Morgan fingerprint density at radius 2 is 1.93 bits per heavy atom. The van der Waals surface area contributed by atoms with Crippen LogP contribution in [0.1, 0.15) is 45.2 Å². The van der Waals surface area contributed by atoms with Crippen LogP contribution in [0.2, 0.25) is 0 Å². The quantitative estimate of drug-likeness (QED) is 0.671. The van der Waals surface area contributed by atoms with Crippen LogP contribution in [0.25, 0.3) is 0 Å². The Labute approximate surface area is 167 Å². The fourth-order valence-corrected chi connectivity index (χ4v) is 3.91. The van der Waals surface area contributed by atoms with Gasteiger partial charge in [0.1, 0.15) is 5.75 Å². The van der Waals surface area contributed by atoms with E-state index in [9.17, 15) is 9.59 Å². The predicted molar refractivity (Wildman–Crippen MR) is 108 cm³/mol. The zero-order valence-corrected chi connectivity index (χ0v) is 17.4. The summed E-state index contributed by atoms with van der Waals surface area (Å²) in [5, 5.41) is 12.2. The molecule has 7 heteroatoms. The SMILES string of the molecule is CCN(CC(=O)O)C1CCN(C(C)C(=O)NC(C)c2ccccc2OC)CC1. The van der Waals surface area contributed by atoms with Crippen molar-refractivity contribution in [3.63, 3.8) is 0 Å². The molecule has 2 rings (SSSR count). The summed E-state index contributed by atoms with van der Waals surface area (Å²) in [6.07, 6.45) is 1.75. The molecule has 1 aliphatic heterocycles. The standard InChI is InChI=1S/C21H33N3O4/c1-5-23(14-20(25)26)17-10-12-24(13-11-17)16(3)21(27)22-15(2)18-8-6-7-9-19(18)28-4/h6-9,15-17H,5,10-14H2,1-4H3,(H,22,27)(H,25,26). The van der Waals surface area contributed by atoms with Crippen molar-refractivity contribution in [3.8, 4) is 5.75 Å². The number of carboxylic acid groups (broad SMARTS) is 1. The summed E-state index contributed by atoms with van der Waals surface area (Å²) in [5.41, 5.74) is 0.955. The van der Waals surface area contributed by atoms with Crippen LogP contribution in [-0.4, -0.2) is 72.2 Å². The number of likely N-dealkylation sites (tertiary alicyclic amines) is 1. The molecule has 1 aliphatic rings. The molecular formula is C21H33N3O4. The molecule has 2 atom stereocenters. The van der Waals surface area contributed by atoms with Gasteiger partial charge >= 0.3 is 5.97 Å². The van der Waals surface area contributed by atoms with Gasteiger partial charge in [0.15, 0.2) is 0 Å². The van der Waals surface area contributed by atoms with Gasteiger partial charge in [-0.2, -0.15) is 0 Å². The first-order chi connectivity index (χ1) is 13.4. The van der Waals surface area contributed by atoms with Gasteiger partial charge in [0.05, 0.1) is 25.7 Å². The lowest BCUT2D eigenvalue weighted by Crippen LogP contribution is -2.52. The number of benzene rings is 1. The number of methoxy groups -OCH3 is 1. The molecule has 0 radical (unpaired) electrons. The largest absolute Gasteiger partial charge is 0.496 e. The predicted octanol–water partition coefficient (Wildman–Crippen LogP) is 2.13. The van der Waals surface area contributed by atoms with E-state index >= 15 is 0 Å². The van der Waals surface area contributed by atoms with Gasteiger partial charge in [-0.3, -0.25) is 19.4 Å². The molecule has 0 aliphatic carbocycles. The van der Waals surface area contributed by atoms with Crippen LogP contribution in [0.4, 0.5) is 0 Å². The normalized spacial score (nSPS) is 17.9. The lowest BCUT2D eigenvalue weighted by molar-refractivity contribution is -0.139. The average Bonchev–Trinajstić information content (AvgIpc) is 2.71. The summed E-state index contributed by atoms with van der Waals surface area (Å²) in [7, 11) is 1.63. The second kappa shape index (κ2) is 10.4. The van der Waals surface area contributed by atoms with E-state index in [0.29, 0.717) is 0 Å². The molecule has 0 spiro atoms. The Kier molecular flexibility index (Phi) is 8.26. The van der Waals surface area contributed by atoms with Crippen molar-refractivity contribution < 1.29 is 19.4 Å². The zero-order valence-electron chi connectivity index (χ0n) is 17.4. The highest BCUT2D eigenvalue weighted by molar-refractivity contribution is 5.81. The number of aliphatic carboxylic acids is 1. The number of hydrogen-bond acceptors (Lipinski definition) is 5. The molecular weight excluding hydrogens is 358 g/mol. The lowest BCUT2D eigenvalue weighted by atomic mass is 10.0. The Morgan fingerprint density at radius 1 is 1.29 bits per heavy atom. The smallest absolute Gasteiger partial charge is 0.317 e. The molecule has 2 unspecified atom stereocenters. The number of carbonyl (C=O) groups excluding carboxylic acids is 1. The number of ether oxygens (including phenoxy) is 1. The molecule has 2 N–H and O–H groups in total. The van der Waals surface area contributed by atoms with Crippen molar-refractivity contribution in [3.05, 3.63) is 29.8 Å². The number of para-hydroxylation sites is 1. The van der Waals surface area contributed by atoms with Gasteiger partial charge in [-0.05, 0) is 39.3 Å². The molecule has 1 heterocycles. The maximum atomic E-state index is 12.8. The summed E-state index contributed by atoms with van der Waals surface area (Å²) in [5.74, 6) is -0.0288. The monoisotopic (exact) mass is 391 g/mol. The number of carboxylic acids is 1. The number of hydrogen-bond donors (Lipinski definition) is 2. The second-order valence-electron chi connectivity index (χ2n) is 7.37. The van der Waals surface area contributed by atoms with Gasteiger partial charge < -0.3 is 15.2 Å². The number of amides is 1. The number of rotatable bonds is 9. The first kappa shape index (κ1) is 22.2. The molecule has 1 fully saturated rings. The highest BCUT2D eigenvalue weighted by atomic mass is 16.5. The van der Waals surface area contributed by atoms with E-state index in [-0.39, 0.29) is 30.6 Å². The first-order valence-electron chi connectivity index (χ1n) is 10.0. The topological polar surface area (TPSA) is 82.1 Å². The Bertz CT molecular complexity index is 659. The minimum atomic E-state index is -0.789. The fourth-order valence-electron chi connectivity index (χ4n) is 3.91. The van der Waals surface area contributed by atoms with E-state index in [4.69, 9.17) is 9.84 Å². The molecule has 156 valence electrons. The summed E-state index contributed by atoms with van der Waals surface area (Å²) in [6.45, 7) is 8.26. The Balaban J connectivity index is 1.89. The van der Waals surface area contributed by atoms with Crippen LogP contribution in [-0.2, 0) is 9.59 Å². The number of piperidine rings is 1. The van der Waals surface area contributed by atoms with Gasteiger partial charge in [-0.15, -0.1) is 0 Å². The number of nitrogens with zero attached hydrogens (tertiary/aromatic N) is 2. The molecule has 1 amide bonds. The summed E-state index contributed by atoms with van der Waals surface area (Å²) >= 11 is 0. The van der Waals surface area contributed by atoms with E-state index in [1.807, 2.05) is 49.9 Å². The molecule has 0 saturated carbocycles. The van der Waals surface area contributed by atoms with Crippen molar-refractivity contribution in [2.24, 2.45) is 0 Å². The minimum Gasteiger partial charge on any atom is -0.496 e. The number of nitrogens with one attached hydrogen (secondary N) is 1. The molecule has 0 aromatic heterocycles. The third-order valence-corrected chi connectivity index (χ3v) is 5.65. The van der Waals surface area contributed by atoms with Gasteiger partial charge in [0.25, 0.3) is 0 Å². The molecule has 0 bridgehead atoms. The maximum Gasteiger partial charge on any atom is 0.317 e. The van der Waals surface area contributed by atoms with Crippen LogP contribution in [0.15, 0.2) is 24.3 Å². The Morgan fingerprint density at radius 3 is 2.50 bits per heavy atom. The van der Waals surface area contributed by atoms with Crippen molar-refractivity contribution in [2.45, 2.75) is 51.7 Å². The van der Waals surface area contributed by atoms with Crippen molar-refractivity contribution in [2.75, 3.05) is 33.3 Å². The van der Waals surface area contributed by atoms with Crippen LogP contribution >= 0.6 is 0 Å². The third kappa shape index (κ3) is 5.69. The lowest BCUT2D eigenvalue weighted by Gasteiger charge is -2.39. The Hall–Kier alpha value is -2.12. The summed E-state index contributed by atoms with van der Waals surface area (Å²) in [4.78, 5) is 28.0. The van der Waals surface area contributed by atoms with Crippen molar-refractivity contribution in [1.82, 2.24) is 15.1 Å². The van der Waals surface area contributed by atoms with Gasteiger partial charge in [-0.1, -0.05) is 25.1 Å². The minimum absolute atomic E-state index is 0.00487. The average molecular weight is 392 g/mol. The third-order valence-electron chi connectivity index (χ3n) is 5.65. The molecule has 1 aromatic carbocycles. The van der Waals surface area contributed by atoms with Crippen LogP contribution in [0.5, 0.6) is 5.75 Å².